The van der Waals surface area contributed by atoms with E-state index in [0.717, 1.165) is 27.5 Å². The lowest BCUT2D eigenvalue weighted by atomic mass is 10.2. The predicted molar refractivity (Wildman–Crippen MR) is 118 cm³/mol. The maximum Gasteiger partial charge on any atom is 0.373 e. The summed E-state index contributed by atoms with van der Waals surface area (Å²) in [7, 11) is 1.24. The van der Waals surface area contributed by atoms with Gasteiger partial charge in [-0.2, -0.15) is 0 Å². The van der Waals surface area contributed by atoms with E-state index in [4.69, 9.17) is 13.9 Å². The summed E-state index contributed by atoms with van der Waals surface area (Å²) in [5.41, 5.74) is 3.66. The molecule has 1 aromatic carbocycles. The molecule has 0 spiro atoms. The molecule has 2 aliphatic rings. The number of carbonyl (C=O) groups excluding carboxylic acids is 3. The Morgan fingerprint density at radius 2 is 1.91 bits per heavy atom. The standard InChI is InChI=1S/C24H21N3O7/c1-13-8-15(14(2)27(13)16-4-6-19-21(10-16)33-12-32-19)9-18-22(28)26(24(30)25-18)11-17-5-7-20(34-17)23(29)31-3/h4-10H,11-12H2,1-3H3,(H,25,30). The molecule has 0 bridgehead atoms. The van der Waals surface area contributed by atoms with Crippen molar-refractivity contribution in [3.05, 3.63) is 70.6 Å². The zero-order valence-electron chi connectivity index (χ0n) is 18.7. The Morgan fingerprint density at radius 1 is 1.12 bits per heavy atom. The van der Waals surface area contributed by atoms with Crippen molar-refractivity contribution in [1.29, 1.82) is 0 Å². The normalized spacial score (nSPS) is 15.9. The van der Waals surface area contributed by atoms with Crippen molar-refractivity contribution in [1.82, 2.24) is 14.8 Å². The fraction of sp³-hybridized carbons (Fsp3) is 0.208. The lowest BCUT2D eigenvalue weighted by Gasteiger charge is -2.10. The second kappa shape index (κ2) is 8.14. The highest BCUT2D eigenvalue weighted by molar-refractivity contribution is 6.13. The average Bonchev–Trinajstić information content (AvgIpc) is 3.58. The van der Waals surface area contributed by atoms with Crippen LogP contribution in [0.1, 0.15) is 33.3 Å². The minimum Gasteiger partial charge on any atom is -0.463 e. The first-order valence-corrected chi connectivity index (χ1v) is 10.5. The Balaban J connectivity index is 1.39. The van der Waals surface area contributed by atoms with Crippen LogP contribution in [0.25, 0.3) is 11.8 Å². The van der Waals surface area contributed by atoms with E-state index in [1.54, 1.807) is 6.08 Å². The van der Waals surface area contributed by atoms with Crippen molar-refractivity contribution >= 4 is 24.0 Å². The Hall–Kier alpha value is -4.47. The number of aryl methyl sites for hydroxylation is 1. The molecule has 0 saturated carbocycles. The summed E-state index contributed by atoms with van der Waals surface area (Å²) in [4.78, 5) is 38.0. The molecule has 1 fully saturated rings. The van der Waals surface area contributed by atoms with Gasteiger partial charge >= 0.3 is 12.0 Å². The number of aromatic nitrogens is 1. The van der Waals surface area contributed by atoms with E-state index in [9.17, 15) is 14.4 Å². The topological polar surface area (TPSA) is 112 Å². The summed E-state index contributed by atoms with van der Waals surface area (Å²) in [5.74, 6) is 0.522. The van der Waals surface area contributed by atoms with Gasteiger partial charge in [0.1, 0.15) is 11.5 Å². The van der Waals surface area contributed by atoms with Crippen LogP contribution in [-0.4, -0.2) is 41.3 Å². The number of hydrogen-bond donors (Lipinski definition) is 1. The van der Waals surface area contributed by atoms with Crippen LogP contribution in [-0.2, 0) is 16.1 Å². The molecule has 4 heterocycles. The van der Waals surface area contributed by atoms with Crippen LogP contribution in [0.5, 0.6) is 11.5 Å². The lowest BCUT2D eigenvalue weighted by molar-refractivity contribution is -0.123. The highest BCUT2D eigenvalue weighted by atomic mass is 16.7. The molecule has 0 unspecified atom stereocenters. The van der Waals surface area contributed by atoms with Gasteiger partial charge in [-0.3, -0.25) is 9.69 Å². The summed E-state index contributed by atoms with van der Waals surface area (Å²) in [6, 6.07) is 10.00. The number of carbonyl (C=O) groups is 3. The van der Waals surface area contributed by atoms with Gasteiger partial charge in [0, 0.05) is 23.1 Å². The summed E-state index contributed by atoms with van der Waals surface area (Å²) < 4.78 is 22.9. The first-order valence-electron chi connectivity index (χ1n) is 10.5. The first-order chi connectivity index (χ1) is 16.4. The van der Waals surface area contributed by atoms with Crippen molar-refractivity contribution in [2.24, 2.45) is 0 Å². The monoisotopic (exact) mass is 463 g/mol. The van der Waals surface area contributed by atoms with Crippen LogP contribution in [0.15, 0.2) is 46.5 Å². The SMILES string of the molecule is COC(=O)c1ccc(CN2C(=O)NC(=Cc3cc(C)n(-c4ccc5c(c4)OCO5)c3C)C2=O)o1. The molecule has 1 saturated heterocycles. The van der Waals surface area contributed by atoms with Crippen LogP contribution in [0, 0.1) is 13.8 Å². The van der Waals surface area contributed by atoms with Gasteiger partial charge in [-0.25, -0.2) is 9.59 Å². The van der Waals surface area contributed by atoms with Crippen molar-refractivity contribution in [3.63, 3.8) is 0 Å². The number of hydrogen-bond acceptors (Lipinski definition) is 7. The number of amides is 3. The minimum absolute atomic E-state index is 0.00345. The predicted octanol–water partition coefficient (Wildman–Crippen LogP) is 3.30. The molecule has 2 aromatic heterocycles. The number of nitrogens with one attached hydrogen (secondary N) is 1. The van der Waals surface area contributed by atoms with Crippen molar-refractivity contribution < 1.29 is 33.0 Å². The number of nitrogens with zero attached hydrogens (tertiary/aromatic N) is 2. The second-order valence-corrected chi connectivity index (χ2v) is 7.84. The minimum atomic E-state index is -0.637. The Morgan fingerprint density at radius 3 is 2.71 bits per heavy atom. The number of urea groups is 1. The number of benzene rings is 1. The molecule has 5 rings (SSSR count). The van der Waals surface area contributed by atoms with Crippen LogP contribution < -0.4 is 14.8 Å². The molecule has 2 aliphatic heterocycles. The Labute approximate surface area is 194 Å². The van der Waals surface area contributed by atoms with Crippen LogP contribution in [0.4, 0.5) is 4.79 Å². The number of ether oxygens (including phenoxy) is 3. The highest BCUT2D eigenvalue weighted by Gasteiger charge is 2.34. The fourth-order valence-electron chi connectivity index (χ4n) is 4.06. The number of rotatable bonds is 5. The molecule has 174 valence electrons. The molecular weight excluding hydrogens is 442 g/mol. The van der Waals surface area contributed by atoms with Crippen molar-refractivity contribution in [2.75, 3.05) is 13.9 Å². The van der Waals surface area contributed by atoms with Gasteiger partial charge in [0.15, 0.2) is 11.5 Å². The van der Waals surface area contributed by atoms with E-state index >= 15 is 0 Å². The third-order valence-corrected chi connectivity index (χ3v) is 5.71. The third-order valence-electron chi connectivity index (χ3n) is 5.71. The van der Waals surface area contributed by atoms with E-state index in [0.29, 0.717) is 11.5 Å². The Kier molecular flexibility index (Phi) is 5.12. The van der Waals surface area contributed by atoms with Gasteiger partial charge in [-0.05, 0) is 55.8 Å². The molecule has 3 aromatic rings. The third kappa shape index (κ3) is 3.58. The first kappa shape index (κ1) is 21.4. The summed E-state index contributed by atoms with van der Waals surface area (Å²) >= 11 is 0. The molecular formula is C24H21N3O7. The zero-order chi connectivity index (χ0) is 24.0. The van der Waals surface area contributed by atoms with Crippen molar-refractivity contribution in [2.45, 2.75) is 20.4 Å². The molecule has 0 radical (unpaired) electrons. The van der Waals surface area contributed by atoms with Crippen LogP contribution >= 0.6 is 0 Å². The van der Waals surface area contributed by atoms with Crippen LogP contribution in [0.3, 0.4) is 0 Å². The van der Waals surface area contributed by atoms with E-state index in [-0.39, 0.29) is 30.6 Å². The van der Waals surface area contributed by atoms with Gasteiger partial charge in [-0.1, -0.05) is 0 Å². The lowest BCUT2D eigenvalue weighted by Crippen LogP contribution is -2.30. The largest absolute Gasteiger partial charge is 0.463 e. The number of fused-ring (bicyclic) bond motifs is 1. The zero-order valence-corrected chi connectivity index (χ0v) is 18.7. The maximum absolute atomic E-state index is 12.9. The van der Waals surface area contributed by atoms with Gasteiger partial charge in [0.25, 0.3) is 5.91 Å². The highest BCUT2D eigenvalue weighted by Crippen LogP contribution is 2.35. The quantitative estimate of drug-likeness (QED) is 0.351. The van der Waals surface area contributed by atoms with E-state index < -0.39 is 17.9 Å². The summed E-state index contributed by atoms with van der Waals surface area (Å²) in [6.07, 6.45) is 1.65. The van der Waals surface area contributed by atoms with E-state index in [1.165, 1.54) is 19.2 Å². The molecule has 10 heteroatoms. The fourth-order valence-corrected chi connectivity index (χ4v) is 4.06. The van der Waals surface area contributed by atoms with E-state index in [2.05, 4.69) is 10.1 Å². The second-order valence-electron chi connectivity index (χ2n) is 7.84. The van der Waals surface area contributed by atoms with Crippen molar-refractivity contribution in [3.8, 4) is 17.2 Å². The summed E-state index contributed by atoms with van der Waals surface area (Å²) in [6.45, 7) is 3.96. The van der Waals surface area contributed by atoms with Gasteiger partial charge < -0.3 is 28.5 Å². The van der Waals surface area contributed by atoms with E-state index in [1.807, 2.05) is 42.7 Å². The van der Waals surface area contributed by atoms with Gasteiger partial charge in [0.2, 0.25) is 12.6 Å². The summed E-state index contributed by atoms with van der Waals surface area (Å²) in [5, 5.41) is 2.61. The van der Waals surface area contributed by atoms with Gasteiger partial charge in [0.05, 0.1) is 13.7 Å². The molecule has 1 N–H and O–H groups in total. The number of imide groups is 1. The molecule has 10 nitrogen and oxygen atoms in total. The molecule has 3 amide bonds. The smallest absolute Gasteiger partial charge is 0.373 e. The number of methoxy groups -OCH3 is 1. The maximum atomic E-state index is 12.9. The number of furan rings is 1. The Bertz CT molecular complexity index is 1360. The molecule has 0 aliphatic carbocycles. The van der Waals surface area contributed by atoms with Crippen LogP contribution in [0.2, 0.25) is 0 Å². The average molecular weight is 463 g/mol. The molecule has 34 heavy (non-hydrogen) atoms. The molecule has 0 atom stereocenters. The van der Waals surface area contributed by atoms with Gasteiger partial charge in [-0.15, -0.1) is 0 Å². The number of esters is 1.